The third-order valence-corrected chi connectivity index (χ3v) is 3.08. The molecule has 0 saturated heterocycles. The van der Waals surface area contributed by atoms with Crippen LogP contribution in [0.25, 0.3) is 0 Å². The third-order valence-electron chi connectivity index (χ3n) is 3.08. The van der Waals surface area contributed by atoms with E-state index in [2.05, 4.69) is 0 Å². The van der Waals surface area contributed by atoms with Crippen LogP contribution in [-0.4, -0.2) is 30.1 Å². The number of nitrogens with zero attached hydrogens (tertiary/aromatic N) is 1. The van der Waals surface area contributed by atoms with Crippen LogP contribution in [0.4, 0.5) is 0 Å². The van der Waals surface area contributed by atoms with E-state index in [1.54, 1.807) is 13.1 Å². The Morgan fingerprint density at radius 3 is 2.62 bits per heavy atom. The SMILES string of the molecule is CC(C)C1=CC(=O)N(C)C1OC(=O)C1CC1. The van der Waals surface area contributed by atoms with Gasteiger partial charge >= 0.3 is 5.97 Å². The third kappa shape index (κ3) is 1.96. The number of carbonyl (C=O) groups excluding carboxylic acids is 2. The Balaban J connectivity index is 2.08. The van der Waals surface area contributed by atoms with Crippen LogP contribution >= 0.6 is 0 Å². The summed E-state index contributed by atoms with van der Waals surface area (Å²) in [5, 5.41) is 0. The highest BCUT2D eigenvalue weighted by atomic mass is 16.6. The summed E-state index contributed by atoms with van der Waals surface area (Å²) in [5.74, 6) is 0.0267. The highest BCUT2D eigenvalue weighted by molar-refractivity contribution is 5.92. The van der Waals surface area contributed by atoms with E-state index in [0.717, 1.165) is 18.4 Å². The van der Waals surface area contributed by atoms with Crippen LogP contribution in [0.1, 0.15) is 26.7 Å². The van der Waals surface area contributed by atoms with Crippen molar-refractivity contribution in [3.8, 4) is 0 Å². The molecule has 1 amide bonds. The lowest BCUT2D eigenvalue weighted by Gasteiger charge is -2.24. The topological polar surface area (TPSA) is 46.6 Å². The zero-order chi connectivity index (χ0) is 11.9. The van der Waals surface area contributed by atoms with E-state index in [0.29, 0.717) is 0 Å². The summed E-state index contributed by atoms with van der Waals surface area (Å²) in [7, 11) is 1.67. The maximum atomic E-state index is 11.6. The number of ether oxygens (including phenoxy) is 1. The van der Waals surface area contributed by atoms with Gasteiger partial charge in [-0.1, -0.05) is 13.8 Å². The van der Waals surface area contributed by atoms with Crippen LogP contribution in [0.2, 0.25) is 0 Å². The van der Waals surface area contributed by atoms with Crippen molar-refractivity contribution in [3.05, 3.63) is 11.6 Å². The quantitative estimate of drug-likeness (QED) is 0.678. The second-order valence-corrected chi connectivity index (χ2v) is 4.81. The van der Waals surface area contributed by atoms with Gasteiger partial charge in [-0.3, -0.25) is 9.59 Å². The van der Waals surface area contributed by atoms with Gasteiger partial charge in [-0.15, -0.1) is 0 Å². The van der Waals surface area contributed by atoms with Crippen molar-refractivity contribution in [2.45, 2.75) is 32.9 Å². The second-order valence-electron chi connectivity index (χ2n) is 4.81. The van der Waals surface area contributed by atoms with E-state index in [4.69, 9.17) is 4.74 Å². The maximum Gasteiger partial charge on any atom is 0.311 e. The Hall–Kier alpha value is -1.32. The van der Waals surface area contributed by atoms with Crippen molar-refractivity contribution in [3.63, 3.8) is 0 Å². The summed E-state index contributed by atoms with van der Waals surface area (Å²) >= 11 is 0. The summed E-state index contributed by atoms with van der Waals surface area (Å²) in [6.07, 6.45) is 2.93. The minimum Gasteiger partial charge on any atom is -0.437 e. The van der Waals surface area contributed by atoms with Gasteiger partial charge in [0, 0.05) is 13.1 Å². The first-order chi connectivity index (χ1) is 7.50. The first kappa shape index (κ1) is 11.2. The van der Waals surface area contributed by atoms with Crippen LogP contribution in [0.5, 0.6) is 0 Å². The van der Waals surface area contributed by atoms with Crippen LogP contribution in [0.15, 0.2) is 11.6 Å². The Kier molecular flexibility index (Phi) is 2.74. The molecule has 0 aromatic carbocycles. The number of esters is 1. The largest absolute Gasteiger partial charge is 0.437 e. The van der Waals surface area contributed by atoms with Crippen LogP contribution in [0.3, 0.4) is 0 Å². The Morgan fingerprint density at radius 2 is 2.12 bits per heavy atom. The lowest BCUT2D eigenvalue weighted by molar-refractivity contribution is -0.158. The molecule has 1 unspecified atom stereocenters. The van der Waals surface area contributed by atoms with Crippen molar-refractivity contribution in [1.29, 1.82) is 0 Å². The van der Waals surface area contributed by atoms with Crippen LogP contribution in [-0.2, 0) is 14.3 Å². The number of hydrogen-bond donors (Lipinski definition) is 0. The van der Waals surface area contributed by atoms with Crippen molar-refractivity contribution in [1.82, 2.24) is 4.90 Å². The van der Waals surface area contributed by atoms with Crippen molar-refractivity contribution >= 4 is 11.9 Å². The van der Waals surface area contributed by atoms with Crippen molar-refractivity contribution < 1.29 is 14.3 Å². The zero-order valence-electron chi connectivity index (χ0n) is 9.90. The van der Waals surface area contributed by atoms with Gasteiger partial charge in [0.05, 0.1) is 5.92 Å². The summed E-state index contributed by atoms with van der Waals surface area (Å²) < 4.78 is 5.39. The van der Waals surface area contributed by atoms with Crippen molar-refractivity contribution in [2.24, 2.45) is 11.8 Å². The number of carbonyl (C=O) groups is 2. The standard InChI is InChI=1S/C12H17NO3/c1-7(2)9-6-10(14)13(3)11(9)16-12(15)8-4-5-8/h6-8,11H,4-5H2,1-3H3. The van der Waals surface area contributed by atoms with Crippen molar-refractivity contribution in [2.75, 3.05) is 7.05 Å². The summed E-state index contributed by atoms with van der Waals surface area (Å²) in [6.45, 7) is 3.99. The Labute approximate surface area is 95.2 Å². The fourth-order valence-electron chi connectivity index (χ4n) is 1.78. The normalized spacial score (nSPS) is 25.0. The van der Waals surface area contributed by atoms with Gasteiger partial charge in [0.15, 0.2) is 0 Å². The molecule has 0 bridgehead atoms. The number of hydrogen-bond acceptors (Lipinski definition) is 3. The molecule has 1 saturated carbocycles. The molecule has 1 aliphatic heterocycles. The summed E-state index contributed by atoms with van der Waals surface area (Å²) in [6, 6.07) is 0. The van der Waals surface area contributed by atoms with E-state index < -0.39 is 6.23 Å². The molecule has 1 atom stereocenters. The monoisotopic (exact) mass is 223 g/mol. The molecule has 0 radical (unpaired) electrons. The number of rotatable bonds is 3. The molecule has 16 heavy (non-hydrogen) atoms. The van der Waals surface area contributed by atoms with Gasteiger partial charge in [-0.25, -0.2) is 0 Å². The molecule has 2 rings (SSSR count). The fourth-order valence-corrected chi connectivity index (χ4v) is 1.78. The lowest BCUT2D eigenvalue weighted by Crippen LogP contribution is -2.36. The molecule has 4 heteroatoms. The maximum absolute atomic E-state index is 11.6. The smallest absolute Gasteiger partial charge is 0.311 e. The zero-order valence-corrected chi connectivity index (χ0v) is 9.90. The van der Waals surface area contributed by atoms with Gasteiger partial charge in [-0.05, 0) is 24.3 Å². The minimum atomic E-state index is -0.486. The van der Waals surface area contributed by atoms with Gasteiger partial charge in [0.2, 0.25) is 12.1 Å². The molecule has 4 nitrogen and oxygen atoms in total. The van der Waals surface area contributed by atoms with E-state index in [-0.39, 0.29) is 23.7 Å². The predicted octanol–water partition coefficient (Wildman–Crippen LogP) is 1.32. The second kappa shape index (κ2) is 3.92. The molecular formula is C12H17NO3. The molecular weight excluding hydrogens is 206 g/mol. The molecule has 0 N–H and O–H groups in total. The molecule has 1 fully saturated rings. The van der Waals surface area contributed by atoms with E-state index in [9.17, 15) is 9.59 Å². The van der Waals surface area contributed by atoms with Gasteiger partial charge in [0.25, 0.3) is 0 Å². The van der Waals surface area contributed by atoms with Gasteiger partial charge in [0.1, 0.15) is 0 Å². The minimum absolute atomic E-state index is 0.0671. The number of likely N-dealkylation sites (N-methyl/N-ethyl adjacent to an activating group) is 1. The predicted molar refractivity (Wildman–Crippen MR) is 58.3 cm³/mol. The van der Waals surface area contributed by atoms with Gasteiger partial charge < -0.3 is 9.64 Å². The molecule has 88 valence electrons. The molecule has 0 spiro atoms. The van der Waals surface area contributed by atoms with E-state index >= 15 is 0 Å². The van der Waals surface area contributed by atoms with Gasteiger partial charge in [-0.2, -0.15) is 0 Å². The molecule has 1 heterocycles. The molecule has 1 aliphatic carbocycles. The lowest BCUT2D eigenvalue weighted by atomic mass is 10.0. The summed E-state index contributed by atoms with van der Waals surface area (Å²) in [5.41, 5.74) is 0.890. The molecule has 0 aromatic heterocycles. The fraction of sp³-hybridized carbons (Fsp3) is 0.667. The van der Waals surface area contributed by atoms with E-state index in [1.165, 1.54) is 4.90 Å². The highest BCUT2D eigenvalue weighted by Gasteiger charge is 2.38. The first-order valence-corrected chi connectivity index (χ1v) is 5.69. The first-order valence-electron chi connectivity index (χ1n) is 5.69. The Morgan fingerprint density at radius 1 is 1.50 bits per heavy atom. The van der Waals surface area contributed by atoms with Crippen LogP contribution < -0.4 is 0 Å². The Bertz CT molecular complexity index is 355. The average molecular weight is 223 g/mol. The van der Waals surface area contributed by atoms with E-state index in [1.807, 2.05) is 13.8 Å². The van der Waals surface area contributed by atoms with Crippen LogP contribution in [0, 0.1) is 11.8 Å². The summed E-state index contributed by atoms with van der Waals surface area (Å²) in [4.78, 5) is 24.6. The molecule has 0 aromatic rings. The molecule has 2 aliphatic rings. The average Bonchev–Trinajstić information content (AvgIpc) is 3.01. The highest BCUT2D eigenvalue weighted by Crippen LogP contribution is 2.33. The number of amides is 1.